The summed E-state index contributed by atoms with van der Waals surface area (Å²) >= 11 is 0. The lowest BCUT2D eigenvalue weighted by Crippen LogP contribution is -2.42. The number of sulfonamides is 1. The van der Waals surface area contributed by atoms with Gasteiger partial charge in [0.25, 0.3) is 0 Å². The van der Waals surface area contributed by atoms with Crippen molar-refractivity contribution in [3.8, 4) is 0 Å². The van der Waals surface area contributed by atoms with E-state index in [9.17, 15) is 13.2 Å². The lowest BCUT2D eigenvalue weighted by Gasteiger charge is -2.12. The number of amides is 1. The number of benzene rings is 1. The Kier molecular flexibility index (Phi) is 3.51. The SMILES string of the molecule is CC(NS(=O)(=O)c1ccccc1N)C(N)=O. The molecule has 0 saturated carbocycles. The van der Waals surface area contributed by atoms with Gasteiger partial charge in [-0.25, -0.2) is 8.42 Å². The fourth-order valence-electron chi connectivity index (χ4n) is 1.08. The molecule has 1 unspecified atom stereocenters. The van der Waals surface area contributed by atoms with Crippen molar-refractivity contribution in [3.05, 3.63) is 24.3 Å². The molecule has 0 aliphatic carbocycles. The summed E-state index contributed by atoms with van der Waals surface area (Å²) in [6.45, 7) is 1.36. The Bertz CT molecular complexity index is 498. The van der Waals surface area contributed by atoms with E-state index in [1.165, 1.54) is 19.1 Å². The Hall–Kier alpha value is -1.60. The smallest absolute Gasteiger partial charge is 0.243 e. The van der Waals surface area contributed by atoms with Gasteiger partial charge >= 0.3 is 0 Å². The van der Waals surface area contributed by atoms with Crippen LogP contribution < -0.4 is 16.2 Å². The highest BCUT2D eigenvalue weighted by Gasteiger charge is 2.21. The number of nitrogens with one attached hydrogen (secondary N) is 1. The third kappa shape index (κ3) is 2.71. The van der Waals surface area contributed by atoms with Crippen molar-refractivity contribution in [3.63, 3.8) is 0 Å². The zero-order valence-electron chi connectivity index (χ0n) is 8.67. The van der Waals surface area contributed by atoms with Crippen molar-refractivity contribution >= 4 is 21.6 Å². The van der Waals surface area contributed by atoms with E-state index in [0.717, 1.165) is 0 Å². The first-order valence-corrected chi connectivity index (χ1v) is 5.99. The van der Waals surface area contributed by atoms with E-state index in [1.807, 2.05) is 0 Å². The van der Waals surface area contributed by atoms with Crippen LogP contribution in [0.3, 0.4) is 0 Å². The standard InChI is InChI=1S/C9H13N3O3S/c1-6(9(11)13)12-16(14,15)8-5-3-2-4-7(8)10/h2-6,12H,10H2,1H3,(H2,11,13). The van der Waals surface area contributed by atoms with Gasteiger partial charge in [0, 0.05) is 0 Å². The number of primary amides is 1. The topological polar surface area (TPSA) is 115 Å². The van der Waals surface area contributed by atoms with Crippen molar-refractivity contribution < 1.29 is 13.2 Å². The zero-order valence-corrected chi connectivity index (χ0v) is 9.49. The van der Waals surface area contributed by atoms with Gasteiger partial charge in [0.2, 0.25) is 15.9 Å². The predicted octanol–water partition coefficient (Wildman–Crippen LogP) is -0.579. The molecule has 5 N–H and O–H groups in total. The first-order valence-electron chi connectivity index (χ1n) is 4.51. The molecule has 1 rings (SSSR count). The van der Waals surface area contributed by atoms with Crippen molar-refractivity contribution in [2.24, 2.45) is 5.73 Å². The van der Waals surface area contributed by atoms with Gasteiger partial charge in [-0.15, -0.1) is 0 Å². The second-order valence-electron chi connectivity index (χ2n) is 3.28. The average molecular weight is 243 g/mol. The molecule has 0 aliphatic heterocycles. The minimum absolute atomic E-state index is 0.0666. The third-order valence-corrected chi connectivity index (χ3v) is 3.58. The summed E-state index contributed by atoms with van der Waals surface area (Å²) in [6.07, 6.45) is 0. The van der Waals surface area contributed by atoms with Crippen LogP contribution in [0.25, 0.3) is 0 Å². The largest absolute Gasteiger partial charge is 0.398 e. The molecule has 1 aromatic carbocycles. The summed E-state index contributed by atoms with van der Waals surface area (Å²) in [5.41, 5.74) is 10.6. The van der Waals surface area contributed by atoms with Crippen LogP contribution in [0.1, 0.15) is 6.92 Å². The van der Waals surface area contributed by atoms with Crippen LogP contribution in [0.2, 0.25) is 0 Å². The number of anilines is 1. The van der Waals surface area contributed by atoms with E-state index < -0.39 is 22.0 Å². The molecule has 0 aliphatic rings. The van der Waals surface area contributed by atoms with E-state index in [1.54, 1.807) is 12.1 Å². The minimum atomic E-state index is -3.81. The molecular weight excluding hydrogens is 230 g/mol. The first-order chi connectivity index (χ1) is 7.34. The number of hydrogen-bond acceptors (Lipinski definition) is 4. The maximum absolute atomic E-state index is 11.8. The number of carbonyl (C=O) groups is 1. The van der Waals surface area contributed by atoms with Gasteiger partial charge in [0.1, 0.15) is 4.90 Å². The van der Waals surface area contributed by atoms with Crippen LogP contribution >= 0.6 is 0 Å². The second kappa shape index (κ2) is 4.50. The Morgan fingerprint density at radius 2 is 1.94 bits per heavy atom. The van der Waals surface area contributed by atoms with Crippen LogP contribution in [0, 0.1) is 0 Å². The highest BCUT2D eigenvalue weighted by atomic mass is 32.2. The molecule has 88 valence electrons. The molecule has 0 heterocycles. The fourth-order valence-corrected chi connectivity index (χ4v) is 2.42. The van der Waals surface area contributed by atoms with Crippen LogP contribution in [0.5, 0.6) is 0 Å². The number of para-hydroxylation sites is 1. The van der Waals surface area contributed by atoms with Crippen LogP contribution in [-0.2, 0) is 14.8 Å². The summed E-state index contributed by atoms with van der Waals surface area (Å²) in [5, 5.41) is 0. The molecule has 7 heteroatoms. The lowest BCUT2D eigenvalue weighted by atomic mass is 10.3. The van der Waals surface area contributed by atoms with E-state index in [2.05, 4.69) is 4.72 Å². The maximum atomic E-state index is 11.8. The van der Waals surface area contributed by atoms with E-state index >= 15 is 0 Å². The van der Waals surface area contributed by atoms with Crippen LogP contribution in [-0.4, -0.2) is 20.4 Å². The van der Waals surface area contributed by atoms with Gasteiger partial charge < -0.3 is 11.5 Å². The van der Waals surface area contributed by atoms with Crippen LogP contribution in [0.15, 0.2) is 29.2 Å². The van der Waals surface area contributed by atoms with Gasteiger partial charge in [0.05, 0.1) is 11.7 Å². The third-order valence-electron chi connectivity index (χ3n) is 1.97. The Morgan fingerprint density at radius 1 is 1.38 bits per heavy atom. The fraction of sp³-hybridized carbons (Fsp3) is 0.222. The van der Waals surface area contributed by atoms with Crippen molar-refractivity contribution in [2.45, 2.75) is 17.9 Å². The summed E-state index contributed by atoms with van der Waals surface area (Å²) in [7, 11) is -3.81. The number of rotatable bonds is 4. The van der Waals surface area contributed by atoms with Crippen molar-refractivity contribution in [1.82, 2.24) is 4.72 Å². The van der Waals surface area contributed by atoms with Crippen molar-refractivity contribution in [1.29, 1.82) is 0 Å². The molecule has 0 saturated heterocycles. The lowest BCUT2D eigenvalue weighted by molar-refractivity contribution is -0.119. The van der Waals surface area contributed by atoms with Gasteiger partial charge in [-0.1, -0.05) is 12.1 Å². The van der Waals surface area contributed by atoms with E-state index in [0.29, 0.717) is 0 Å². The monoisotopic (exact) mass is 243 g/mol. The zero-order chi connectivity index (χ0) is 12.3. The average Bonchev–Trinajstić information content (AvgIpc) is 2.17. The molecule has 6 nitrogen and oxygen atoms in total. The molecule has 1 aromatic rings. The summed E-state index contributed by atoms with van der Waals surface area (Å²) in [6, 6.07) is 4.99. The number of carbonyl (C=O) groups excluding carboxylic acids is 1. The second-order valence-corrected chi connectivity index (χ2v) is 4.97. The first kappa shape index (κ1) is 12.5. The highest BCUT2D eigenvalue weighted by Crippen LogP contribution is 2.16. The molecule has 0 radical (unpaired) electrons. The van der Waals surface area contributed by atoms with E-state index in [4.69, 9.17) is 11.5 Å². The number of nitrogens with two attached hydrogens (primary N) is 2. The summed E-state index contributed by atoms with van der Waals surface area (Å²) < 4.78 is 25.7. The van der Waals surface area contributed by atoms with Gasteiger partial charge in [-0.2, -0.15) is 4.72 Å². The van der Waals surface area contributed by atoms with Crippen molar-refractivity contribution in [2.75, 3.05) is 5.73 Å². The number of nitrogen functional groups attached to an aromatic ring is 1. The Balaban J connectivity index is 3.04. The molecule has 1 atom stereocenters. The normalized spacial score (nSPS) is 13.3. The maximum Gasteiger partial charge on any atom is 0.243 e. The molecular formula is C9H13N3O3S. The Labute approximate surface area is 93.7 Å². The quantitative estimate of drug-likeness (QED) is 0.613. The highest BCUT2D eigenvalue weighted by molar-refractivity contribution is 7.89. The predicted molar refractivity (Wildman–Crippen MR) is 59.8 cm³/mol. The number of hydrogen-bond donors (Lipinski definition) is 3. The van der Waals surface area contributed by atoms with E-state index in [-0.39, 0.29) is 10.6 Å². The minimum Gasteiger partial charge on any atom is -0.398 e. The van der Waals surface area contributed by atoms with Gasteiger partial charge in [-0.3, -0.25) is 4.79 Å². The molecule has 0 fully saturated rings. The van der Waals surface area contributed by atoms with Gasteiger partial charge in [0.15, 0.2) is 0 Å². The summed E-state index contributed by atoms with van der Waals surface area (Å²) in [5.74, 6) is -0.752. The molecule has 0 bridgehead atoms. The molecule has 1 amide bonds. The molecule has 16 heavy (non-hydrogen) atoms. The summed E-state index contributed by atoms with van der Waals surface area (Å²) in [4.78, 5) is 10.7. The molecule has 0 spiro atoms. The Morgan fingerprint density at radius 3 is 2.44 bits per heavy atom. The molecule has 0 aromatic heterocycles. The van der Waals surface area contributed by atoms with Crippen LogP contribution in [0.4, 0.5) is 5.69 Å². The van der Waals surface area contributed by atoms with Gasteiger partial charge in [-0.05, 0) is 19.1 Å².